The fourth-order valence-electron chi connectivity index (χ4n) is 1.15. The normalized spacial score (nSPS) is 18.8. The molecule has 0 unspecified atom stereocenters. The quantitative estimate of drug-likeness (QED) is 0.587. The Hall–Kier alpha value is -0.630. The summed E-state index contributed by atoms with van der Waals surface area (Å²) in [7, 11) is 0. The van der Waals surface area contributed by atoms with E-state index in [4.69, 9.17) is 17.3 Å². The molecule has 0 aromatic rings. The number of hydrogen-bond acceptors (Lipinski definition) is 2. The average molecular weight is 187 g/mol. The zero-order chi connectivity index (χ0) is 9.35. The van der Waals surface area contributed by atoms with E-state index in [2.05, 4.69) is 25.7 Å². The summed E-state index contributed by atoms with van der Waals surface area (Å²) in [6.07, 6.45) is 3.76. The van der Waals surface area contributed by atoms with Gasteiger partial charge in [0.2, 0.25) is 0 Å². The highest BCUT2D eigenvalue weighted by molar-refractivity contribution is 6.29. The summed E-state index contributed by atoms with van der Waals surface area (Å²) in [4.78, 5) is 2.10. The molecule has 1 aliphatic rings. The van der Waals surface area contributed by atoms with E-state index < -0.39 is 0 Å². The van der Waals surface area contributed by atoms with E-state index in [1.54, 1.807) is 6.08 Å². The molecule has 0 aromatic carbocycles. The van der Waals surface area contributed by atoms with Gasteiger partial charge in [-0.15, -0.1) is 0 Å². The van der Waals surface area contributed by atoms with Gasteiger partial charge in [-0.2, -0.15) is 0 Å². The lowest BCUT2D eigenvalue weighted by Gasteiger charge is -2.37. The minimum Gasteiger partial charge on any atom is -0.399 e. The Morgan fingerprint density at radius 2 is 2.08 bits per heavy atom. The number of rotatable bonds is 0. The number of hydrogen-bond donors (Lipinski definition) is 1. The topological polar surface area (TPSA) is 29.3 Å². The van der Waals surface area contributed by atoms with Crippen molar-refractivity contribution in [3.63, 3.8) is 0 Å². The molecule has 0 radical (unpaired) electrons. The summed E-state index contributed by atoms with van der Waals surface area (Å²) in [5.41, 5.74) is 6.42. The maximum atomic E-state index is 6.03. The predicted octanol–water partition coefficient (Wildman–Crippen LogP) is 2.02. The molecule has 0 fully saturated rings. The van der Waals surface area contributed by atoms with E-state index >= 15 is 0 Å². The predicted molar refractivity (Wildman–Crippen MR) is 52.7 cm³/mol. The van der Waals surface area contributed by atoms with Crippen molar-refractivity contribution in [1.29, 1.82) is 0 Å². The fourth-order valence-corrected chi connectivity index (χ4v) is 1.60. The first-order valence-electron chi connectivity index (χ1n) is 4.02. The molecule has 12 heavy (non-hydrogen) atoms. The van der Waals surface area contributed by atoms with Crippen LogP contribution in [-0.4, -0.2) is 17.0 Å². The molecule has 0 saturated carbocycles. The summed E-state index contributed by atoms with van der Waals surface area (Å²) in [6, 6.07) is 0. The van der Waals surface area contributed by atoms with Gasteiger partial charge in [-0.05, 0) is 32.9 Å². The Kier molecular flexibility index (Phi) is 2.38. The minimum absolute atomic E-state index is 0.0603. The third-order valence-corrected chi connectivity index (χ3v) is 2.18. The minimum atomic E-state index is 0.0603. The van der Waals surface area contributed by atoms with E-state index in [0.717, 1.165) is 17.4 Å². The molecule has 2 N–H and O–H groups in total. The van der Waals surface area contributed by atoms with Gasteiger partial charge in [0.25, 0.3) is 0 Å². The molecular weight excluding hydrogens is 172 g/mol. The van der Waals surface area contributed by atoms with Crippen LogP contribution in [0.5, 0.6) is 0 Å². The molecule has 0 aliphatic carbocycles. The highest BCUT2D eigenvalue weighted by atomic mass is 35.5. The van der Waals surface area contributed by atoms with Crippen LogP contribution in [0.2, 0.25) is 0 Å². The first-order chi connectivity index (χ1) is 5.41. The largest absolute Gasteiger partial charge is 0.399 e. The number of halogens is 1. The Bertz CT molecular complexity index is 235. The molecule has 1 heterocycles. The number of nitrogens with two attached hydrogens (primary N) is 1. The molecule has 0 saturated heterocycles. The van der Waals surface area contributed by atoms with Gasteiger partial charge in [-0.25, -0.2) is 0 Å². The van der Waals surface area contributed by atoms with Crippen LogP contribution < -0.4 is 5.73 Å². The zero-order valence-corrected chi connectivity index (χ0v) is 8.52. The molecule has 0 atom stereocenters. The second-order valence-corrected chi connectivity index (χ2v) is 4.34. The van der Waals surface area contributed by atoms with Crippen LogP contribution >= 0.6 is 11.6 Å². The third kappa shape index (κ3) is 1.95. The highest BCUT2D eigenvalue weighted by Crippen LogP contribution is 2.25. The average Bonchev–Trinajstić information content (AvgIpc) is 1.83. The summed E-state index contributed by atoms with van der Waals surface area (Å²) in [5.74, 6) is 0. The van der Waals surface area contributed by atoms with Crippen molar-refractivity contribution in [3.05, 3.63) is 23.0 Å². The van der Waals surface area contributed by atoms with Gasteiger partial charge >= 0.3 is 0 Å². The maximum Gasteiger partial charge on any atom is 0.107 e. The second-order valence-electron chi connectivity index (χ2n) is 3.95. The monoisotopic (exact) mass is 186 g/mol. The van der Waals surface area contributed by atoms with Crippen molar-refractivity contribution in [2.75, 3.05) is 6.54 Å². The van der Waals surface area contributed by atoms with E-state index in [9.17, 15) is 0 Å². The standard InChI is InChI=1S/C9H15ClN2/c1-9(2,3)12-5-4-7(11)6-8(12)10/h4,6H,5,11H2,1-3H3. The summed E-state index contributed by atoms with van der Waals surface area (Å²) in [6.45, 7) is 7.17. The van der Waals surface area contributed by atoms with E-state index in [-0.39, 0.29) is 5.54 Å². The zero-order valence-electron chi connectivity index (χ0n) is 7.76. The molecule has 0 bridgehead atoms. The van der Waals surface area contributed by atoms with Crippen LogP contribution in [0.25, 0.3) is 0 Å². The van der Waals surface area contributed by atoms with E-state index in [1.165, 1.54) is 0 Å². The van der Waals surface area contributed by atoms with Crippen molar-refractivity contribution in [2.24, 2.45) is 5.73 Å². The van der Waals surface area contributed by atoms with Crippen molar-refractivity contribution in [1.82, 2.24) is 4.90 Å². The molecule has 2 nitrogen and oxygen atoms in total. The van der Waals surface area contributed by atoms with Gasteiger partial charge in [-0.1, -0.05) is 11.6 Å². The van der Waals surface area contributed by atoms with Gasteiger partial charge in [0.15, 0.2) is 0 Å². The Morgan fingerprint density at radius 1 is 1.50 bits per heavy atom. The molecule has 1 aliphatic heterocycles. The molecule has 3 heteroatoms. The Morgan fingerprint density at radius 3 is 2.50 bits per heavy atom. The van der Waals surface area contributed by atoms with E-state index in [1.807, 2.05) is 6.08 Å². The Balaban J connectivity index is 2.82. The Labute approximate surface area is 78.7 Å². The van der Waals surface area contributed by atoms with Crippen LogP contribution in [0.3, 0.4) is 0 Å². The van der Waals surface area contributed by atoms with Crippen LogP contribution in [0.4, 0.5) is 0 Å². The van der Waals surface area contributed by atoms with Crippen molar-refractivity contribution in [3.8, 4) is 0 Å². The van der Waals surface area contributed by atoms with Gasteiger partial charge in [0, 0.05) is 17.8 Å². The first kappa shape index (κ1) is 9.46. The van der Waals surface area contributed by atoms with Crippen LogP contribution in [0.1, 0.15) is 20.8 Å². The van der Waals surface area contributed by atoms with Gasteiger partial charge in [-0.3, -0.25) is 0 Å². The van der Waals surface area contributed by atoms with Crippen LogP contribution in [0, 0.1) is 0 Å². The lowest BCUT2D eigenvalue weighted by Crippen LogP contribution is -2.40. The highest BCUT2D eigenvalue weighted by Gasteiger charge is 2.23. The number of nitrogens with zero attached hydrogens (tertiary/aromatic N) is 1. The SMILES string of the molecule is CC(C)(C)N1CC=C(N)C=C1Cl. The molecular formula is C9H15ClN2. The fraction of sp³-hybridized carbons (Fsp3) is 0.556. The summed E-state index contributed by atoms with van der Waals surface area (Å²) in [5, 5.41) is 0.725. The second kappa shape index (κ2) is 3.02. The van der Waals surface area contributed by atoms with Crippen molar-refractivity contribution >= 4 is 11.6 Å². The maximum absolute atomic E-state index is 6.03. The van der Waals surface area contributed by atoms with Crippen LogP contribution in [0.15, 0.2) is 23.0 Å². The molecule has 1 rings (SSSR count). The summed E-state index contributed by atoms with van der Waals surface area (Å²) < 4.78 is 0. The molecule has 68 valence electrons. The van der Waals surface area contributed by atoms with Gasteiger partial charge in [0.05, 0.1) is 0 Å². The van der Waals surface area contributed by atoms with Gasteiger partial charge < -0.3 is 10.6 Å². The van der Waals surface area contributed by atoms with Gasteiger partial charge in [0.1, 0.15) is 5.16 Å². The smallest absolute Gasteiger partial charge is 0.107 e. The molecule has 0 aromatic heterocycles. The lowest BCUT2D eigenvalue weighted by molar-refractivity contribution is 0.215. The van der Waals surface area contributed by atoms with Crippen molar-refractivity contribution < 1.29 is 0 Å². The van der Waals surface area contributed by atoms with Crippen LogP contribution in [-0.2, 0) is 0 Å². The lowest BCUT2D eigenvalue weighted by atomic mass is 10.1. The van der Waals surface area contributed by atoms with Crippen molar-refractivity contribution in [2.45, 2.75) is 26.3 Å². The summed E-state index contributed by atoms with van der Waals surface area (Å²) >= 11 is 6.03. The van der Waals surface area contributed by atoms with E-state index in [0.29, 0.717) is 0 Å². The third-order valence-electron chi connectivity index (χ3n) is 1.86. The first-order valence-corrected chi connectivity index (χ1v) is 4.39. The molecule has 0 amide bonds. The molecule has 0 spiro atoms. The number of allylic oxidation sites excluding steroid dienone is 1.